The maximum Gasteiger partial charge on any atom is 0.234 e. The predicted molar refractivity (Wildman–Crippen MR) is 86.6 cm³/mol. The van der Waals surface area contributed by atoms with Gasteiger partial charge in [-0.05, 0) is 31.0 Å². The minimum absolute atomic E-state index is 0.0561. The fourth-order valence-electron chi connectivity index (χ4n) is 1.65. The molecule has 6 heteroatoms. The first-order valence-electron chi connectivity index (χ1n) is 6.81. The van der Waals surface area contributed by atoms with Crippen LogP contribution in [0.1, 0.15) is 12.0 Å². The lowest BCUT2D eigenvalue weighted by atomic mass is 10.2. The van der Waals surface area contributed by atoms with E-state index in [1.54, 1.807) is 7.11 Å². The molecule has 0 spiro atoms. The van der Waals surface area contributed by atoms with Crippen LogP contribution in [0.5, 0.6) is 0 Å². The number of benzene rings is 1. The summed E-state index contributed by atoms with van der Waals surface area (Å²) in [7, 11) is 1.63. The molecule has 0 unspecified atom stereocenters. The maximum absolute atomic E-state index is 11.7. The van der Waals surface area contributed by atoms with Crippen molar-refractivity contribution in [2.75, 3.05) is 37.1 Å². The lowest BCUT2D eigenvalue weighted by Gasteiger charge is -2.06. The quantitative estimate of drug-likeness (QED) is 0.683. The minimum atomic E-state index is -0.0993. The van der Waals surface area contributed by atoms with E-state index in [2.05, 4.69) is 10.6 Å². The molecule has 0 bridgehead atoms. The van der Waals surface area contributed by atoms with Gasteiger partial charge < -0.3 is 15.4 Å². The van der Waals surface area contributed by atoms with Gasteiger partial charge in [-0.3, -0.25) is 9.59 Å². The molecule has 0 atom stereocenters. The molecule has 0 radical (unpaired) electrons. The number of methoxy groups -OCH3 is 1. The molecule has 0 aliphatic heterocycles. The van der Waals surface area contributed by atoms with Gasteiger partial charge in [0, 0.05) is 25.9 Å². The molecule has 21 heavy (non-hydrogen) atoms. The number of carbonyl (C=O) groups is 2. The van der Waals surface area contributed by atoms with Gasteiger partial charge in [-0.15, -0.1) is 11.8 Å². The van der Waals surface area contributed by atoms with Crippen molar-refractivity contribution in [3.8, 4) is 0 Å². The molecule has 1 aromatic rings. The smallest absolute Gasteiger partial charge is 0.234 e. The number of thioether (sulfide) groups is 1. The highest BCUT2D eigenvalue weighted by Crippen LogP contribution is 2.10. The van der Waals surface area contributed by atoms with Gasteiger partial charge in [-0.25, -0.2) is 0 Å². The zero-order chi connectivity index (χ0) is 15.5. The largest absolute Gasteiger partial charge is 0.385 e. The third kappa shape index (κ3) is 8.37. The summed E-state index contributed by atoms with van der Waals surface area (Å²) < 4.78 is 4.89. The van der Waals surface area contributed by atoms with Gasteiger partial charge in [0.1, 0.15) is 0 Å². The van der Waals surface area contributed by atoms with E-state index in [0.29, 0.717) is 13.2 Å². The number of amides is 2. The van der Waals surface area contributed by atoms with Crippen molar-refractivity contribution in [2.45, 2.75) is 13.3 Å². The van der Waals surface area contributed by atoms with Crippen LogP contribution in [0.3, 0.4) is 0 Å². The van der Waals surface area contributed by atoms with Crippen LogP contribution in [0.2, 0.25) is 0 Å². The Hall–Kier alpha value is -1.53. The summed E-state index contributed by atoms with van der Waals surface area (Å²) in [6, 6.07) is 7.62. The Kier molecular flexibility index (Phi) is 8.54. The Morgan fingerprint density at radius 2 is 2.00 bits per heavy atom. The fourth-order valence-corrected chi connectivity index (χ4v) is 2.30. The number of hydrogen-bond donors (Lipinski definition) is 2. The first-order valence-corrected chi connectivity index (χ1v) is 7.97. The average molecular weight is 310 g/mol. The second kappa shape index (κ2) is 10.2. The molecule has 0 aliphatic carbocycles. The van der Waals surface area contributed by atoms with Crippen LogP contribution < -0.4 is 10.6 Å². The molecule has 0 saturated heterocycles. The predicted octanol–water partition coefficient (Wildman–Crippen LogP) is 1.82. The van der Waals surface area contributed by atoms with E-state index in [0.717, 1.165) is 17.7 Å². The van der Waals surface area contributed by atoms with Gasteiger partial charge in [0.15, 0.2) is 0 Å². The summed E-state index contributed by atoms with van der Waals surface area (Å²) in [5.41, 5.74) is 1.88. The van der Waals surface area contributed by atoms with Crippen LogP contribution in [0.15, 0.2) is 24.3 Å². The molecular formula is C15H22N2O3S. The van der Waals surface area contributed by atoms with Crippen LogP contribution in [0.25, 0.3) is 0 Å². The van der Waals surface area contributed by atoms with Crippen molar-refractivity contribution < 1.29 is 14.3 Å². The fraction of sp³-hybridized carbons (Fsp3) is 0.467. The van der Waals surface area contributed by atoms with Gasteiger partial charge in [-0.2, -0.15) is 0 Å². The Morgan fingerprint density at radius 1 is 1.24 bits per heavy atom. The summed E-state index contributed by atoms with van der Waals surface area (Å²) >= 11 is 1.30. The lowest BCUT2D eigenvalue weighted by molar-refractivity contribution is -0.118. The average Bonchev–Trinajstić information content (AvgIpc) is 2.43. The molecule has 1 aromatic carbocycles. The van der Waals surface area contributed by atoms with Crippen molar-refractivity contribution in [2.24, 2.45) is 0 Å². The van der Waals surface area contributed by atoms with Gasteiger partial charge in [-0.1, -0.05) is 12.1 Å². The number of nitrogens with one attached hydrogen (secondary N) is 2. The Morgan fingerprint density at radius 3 is 2.71 bits per heavy atom. The topological polar surface area (TPSA) is 67.4 Å². The molecule has 0 aromatic heterocycles. The summed E-state index contributed by atoms with van der Waals surface area (Å²) in [5, 5.41) is 5.59. The van der Waals surface area contributed by atoms with E-state index in [4.69, 9.17) is 4.74 Å². The highest BCUT2D eigenvalue weighted by atomic mass is 32.2. The van der Waals surface area contributed by atoms with Crippen LogP contribution in [0.4, 0.5) is 5.69 Å². The highest BCUT2D eigenvalue weighted by Gasteiger charge is 2.05. The van der Waals surface area contributed by atoms with E-state index in [1.165, 1.54) is 11.8 Å². The van der Waals surface area contributed by atoms with Gasteiger partial charge in [0.2, 0.25) is 11.8 Å². The molecular weight excluding hydrogens is 288 g/mol. The minimum Gasteiger partial charge on any atom is -0.385 e. The van der Waals surface area contributed by atoms with Crippen molar-refractivity contribution in [1.82, 2.24) is 5.32 Å². The zero-order valence-corrected chi connectivity index (χ0v) is 13.3. The second-order valence-corrected chi connectivity index (χ2v) is 5.59. The second-order valence-electron chi connectivity index (χ2n) is 4.61. The van der Waals surface area contributed by atoms with Crippen molar-refractivity contribution in [1.29, 1.82) is 0 Å². The molecule has 116 valence electrons. The number of hydrogen-bond acceptors (Lipinski definition) is 4. The Labute approximate surface area is 129 Å². The standard InChI is InChI=1S/C15H22N2O3S/c1-12-5-3-6-13(9-12)17-15(19)11-21-10-14(18)16-7-4-8-20-2/h3,5-6,9H,4,7-8,10-11H2,1-2H3,(H,16,18)(H,17,19). The first kappa shape index (κ1) is 17.5. The summed E-state index contributed by atoms with van der Waals surface area (Å²) in [6.45, 7) is 3.20. The van der Waals surface area contributed by atoms with E-state index in [1.807, 2.05) is 31.2 Å². The summed E-state index contributed by atoms with van der Waals surface area (Å²) in [4.78, 5) is 23.2. The molecule has 0 heterocycles. The van der Waals surface area contributed by atoms with Gasteiger partial charge in [0.05, 0.1) is 11.5 Å². The van der Waals surface area contributed by atoms with Gasteiger partial charge in [0.25, 0.3) is 0 Å². The normalized spacial score (nSPS) is 10.2. The van der Waals surface area contributed by atoms with E-state index >= 15 is 0 Å². The molecule has 0 saturated carbocycles. The van der Waals surface area contributed by atoms with Crippen LogP contribution in [-0.2, 0) is 14.3 Å². The summed E-state index contributed by atoms with van der Waals surface area (Å²) in [6.07, 6.45) is 0.792. The summed E-state index contributed by atoms with van der Waals surface area (Å²) in [5.74, 6) is 0.394. The van der Waals surface area contributed by atoms with E-state index < -0.39 is 0 Å². The third-order valence-electron chi connectivity index (χ3n) is 2.62. The van der Waals surface area contributed by atoms with Crippen LogP contribution in [0, 0.1) is 6.92 Å². The SMILES string of the molecule is COCCCNC(=O)CSCC(=O)Nc1cccc(C)c1. The molecule has 2 N–H and O–H groups in total. The monoisotopic (exact) mass is 310 g/mol. The maximum atomic E-state index is 11.7. The van der Waals surface area contributed by atoms with Crippen molar-refractivity contribution in [3.05, 3.63) is 29.8 Å². The molecule has 1 rings (SSSR count). The number of aryl methyl sites for hydroxylation is 1. The van der Waals surface area contributed by atoms with E-state index in [-0.39, 0.29) is 23.3 Å². The lowest BCUT2D eigenvalue weighted by Crippen LogP contribution is -2.27. The molecule has 2 amide bonds. The van der Waals surface area contributed by atoms with E-state index in [9.17, 15) is 9.59 Å². The third-order valence-corrected chi connectivity index (χ3v) is 3.55. The number of carbonyl (C=O) groups excluding carboxylic acids is 2. The highest BCUT2D eigenvalue weighted by molar-refractivity contribution is 8.00. The zero-order valence-electron chi connectivity index (χ0n) is 12.5. The van der Waals surface area contributed by atoms with Crippen molar-refractivity contribution >= 4 is 29.3 Å². The van der Waals surface area contributed by atoms with Crippen LogP contribution in [-0.4, -0.2) is 43.6 Å². The number of anilines is 1. The van der Waals surface area contributed by atoms with Gasteiger partial charge >= 0.3 is 0 Å². The molecule has 0 aliphatic rings. The van der Waals surface area contributed by atoms with Crippen molar-refractivity contribution in [3.63, 3.8) is 0 Å². The Bertz CT molecular complexity index is 466. The molecule has 5 nitrogen and oxygen atoms in total. The number of ether oxygens (including phenoxy) is 1. The first-order chi connectivity index (χ1) is 10.1. The Balaban J connectivity index is 2.14. The number of rotatable bonds is 9. The molecule has 0 fully saturated rings. The van der Waals surface area contributed by atoms with Crippen LogP contribution >= 0.6 is 11.8 Å².